The minimum absolute atomic E-state index is 0. The number of hydrogen-bond donors (Lipinski definition) is 0. The van der Waals surface area contributed by atoms with Crippen molar-refractivity contribution in [3.63, 3.8) is 0 Å². The van der Waals surface area contributed by atoms with Crippen molar-refractivity contribution in [2.75, 3.05) is 13.2 Å². The number of nitrogens with zero attached hydrogens (tertiary/aromatic N) is 5. The molecular formula is C40H23N5O4Pd2. The monoisotopic (exact) mass is 849 g/mol. The Labute approximate surface area is 320 Å². The van der Waals surface area contributed by atoms with E-state index in [-0.39, 0.29) is 40.8 Å². The SMILES string of the molecule is [Pd+2].[Pd+2].[c-]1c(Oc2[c-]c3c(cc2)c2ccc(Oc4[c-]c(-c5ccccn5)ccc4)[c-]c2n3-c2ncc3c(n2)OCCO3)cccc1-c1ccccn1. The zero-order chi connectivity index (χ0) is 32.6. The Morgan fingerprint density at radius 3 is 1.65 bits per heavy atom. The average molecular weight is 850 g/mol. The normalized spacial score (nSPS) is 11.8. The summed E-state index contributed by atoms with van der Waals surface area (Å²) in [7, 11) is 0. The van der Waals surface area contributed by atoms with Gasteiger partial charge in [-0.05, 0) is 23.5 Å². The summed E-state index contributed by atoms with van der Waals surface area (Å²) < 4.78 is 26.0. The Hall–Kier alpha value is -5.42. The van der Waals surface area contributed by atoms with Crippen LogP contribution < -0.4 is 18.9 Å². The maximum atomic E-state index is 6.29. The fourth-order valence-corrected chi connectivity index (χ4v) is 5.69. The van der Waals surface area contributed by atoms with Gasteiger partial charge in [0.25, 0.3) is 5.88 Å². The maximum absolute atomic E-state index is 6.29. The third kappa shape index (κ3) is 6.86. The number of fused-ring (bicyclic) bond motifs is 4. The zero-order valence-corrected chi connectivity index (χ0v) is 29.5. The topological polar surface area (TPSA) is 93.4 Å². The molecule has 4 aromatic heterocycles. The summed E-state index contributed by atoms with van der Waals surface area (Å²) >= 11 is 0. The maximum Gasteiger partial charge on any atom is 2.00 e. The molecule has 4 aromatic carbocycles. The van der Waals surface area contributed by atoms with Gasteiger partial charge in [-0.25, -0.2) is 4.98 Å². The van der Waals surface area contributed by atoms with Gasteiger partial charge in [-0.15, -0.1) is 71.8 Å². The Bertz CT molecular complexity index is 2340. The molecule has 51 heavy (non-hydrogen) atoms. The molecule has 0 saturated heterocycles. The third-order valence-corrected chi connectivity index (χ3v) is 7.88. The van der Waals surface area contributed by atoms with E-state index in [1.165, 1.54) is 0 Å². The van der Waals surface area contributed by atoms with Crippen molar-refractivity contribution in [3.8, 4) is 63.1 Å². The van der Waals surface area contributed by atoms with Crippen LogP contribution in [0, 0.1) is 24.3 Å². The van der Waals surface area contributed by atoms with Crippen LogP contribution in [0.4, 0.5) is 0 Å². The first kappa shape index (κ1) is 34.1. The summed E-state index contributed by atoms with van der Waals surface area (Å²) in [6, 6.07) is 44.2. The molecule has 0 N–H and O–H groups in total. The zero-order valence-electron chi connectivity index (χ0n) is 26.4. The summed E-state index contributed by atoms with van der Waals surface area (Å²) in [6.45, 7) is 0.831. The van der Waals surface area contributed by atoms with Crippen LogP contribution in [-0.4, -0.2) is 37.7 Å². The van der Waals surface area contributed by atoms with E-state index < -0.39 is 0 Å². The van der Waals surface area contributed by atoms with Crippen molar-refractivity contribution in [2.45, 2.75) is 0 Å². The van der Waals surface area contributed by atoms with Gasteiger partial charge in [0.2, 0.25) is 5.95 Å². The van der Waals surface area contributed by atoms with E-state index in [1.807, 2.05) is 102 Å². The first-order valence-electron chi connectivity index (χ1n) is 15.5. The van der Waals surface area contributed by atoms with Crippen LogP contribution in [0.25, 0.3) is 50.3 Å². The van der Waals surface area contributed by atoms with Gasteiger partial charge >= 0.3 is 40.8 Å². The molecule has 8 aromatic rings. The fraction of sp³-hybridized carbons (Fsp3) is 0.0500. The van der Waals surface area contributed by atoms with Crippen LogP contribution in [-0.2, 0) is 40.8 Å². The van der Waals surface area contributed by atoms with E-state index in [2.05, 4.69) is 39.2 Å². The van der Waals surface area contributed by atoms with Crippen LogP contribution in [0.2, 0.25) is 0 Å². The quantitative estimate of drug-likeness (QED) is 0.117. The van der Waals surface area contributed by atoms with Crippen molar-refractivity contribution < 1.29 is 59.8 Å². The molecule has 0 saturated carbocycles. The van der Waals surface area contributed by atoms with Gasteiger partial charge in [-0.2, -0.15) is 27.9 Å². The van der Waals surface area contributed by atoms with Crippen molar-refractivity contribution in [3.05, 3.63) is 140 Å². The molecule has 5 heterocycles. The molecule has 11 heteroatoms. The number of aromatic nitrogens is 5. The van der Waals surface area contributed by atoms with Crippen LogP contribution in [0.3, 0.4) is 0 Å². The van der Waals surface area contributed by atoms with Crippen LogP contribution in [0.1, 0.15) is 0 Å². The second-order valence-corrected chi connectivity index (χ2v) is 11.0. The fourth-order valence-electron chi connectivity index (χ4n) is 5.69. The van der Waals surface area contributed by atoms with Crippen molar-refractivity contribution in [2.24, 2.45) is 0 Å². The molecular weight excluding hydrogens is 827 g/mol. The minimum atomic E-state index is 0. The predicted octanol–water partition coefficient (Wildman–Crippen LogP) is 8.25. The first-order valence-corrected chi connectivity index (χ1v) is 15.5. The number of ether oxygens (including phenoxy) is 4. The van der Waals surface area contributed by atoms with Crippen molar-refractivity contribution in [1.82, 2.24) is 24.5 Å². The molecule has 1 aliphatic rings. The number of rotatable bonds is 7. The largest absolute Gasteiger partial charge is 2.00 e. The van der Waals surface area contributed by atoms with E-state index in [0.29, 0.717) is 64.8 Å². The van der Waals surface area contributed by atoms with Crippen molar-refractivity contribution in [1.29, 1.82) is 0 Å². The molecule has 9 nitrogen and oxygen atoms in total. The summed E-state index contributed by atoms with van der Waals surface area (Å²) in [5.41, 5.74) is 4.62. The minimum Gasteiger partial charge on any atom is -0.503 e. The molecule has 0 amide bonds. The summed E-state index contributed by atoms with van der Waals surface area (Å²) in [5, 5.41) is 1.80. The van der Waals surface area contributed by atoms with Gasteiger partial charge in [0.1, 0.15) is 13.2 Å². The van der Waals surface area contributed by atoms with Gasteiger partial charge in [-0.3, -0.25) is 0 Å². The second kappa shape index (κ2) is 14.8. The van der Waals surface area contributed by atoms with Crippen molar-refractivity contribution >= 4 is 21.8 Å². The molecule has 1 aliphatic heterocycles. The Balaban J connectivity index is 0.00000203. The molecule has 0 unspecified atom stereocenters. The predicted molar refractivity (Wildman–Crippen MR) is 182 cm³/mol. The van der Waals surface area contributed by atoms with Crippen LogP contribution >= 0.6 is 0 Å². The summed E-state index contributed by atoms with van der Waals surface area (Å²) in [5.74, 6) is 3.25. The van der Waals surface area contributed by atoms with Gasteiger partial charge in [0, 0.05) is 35.4 Å². The van der Waals surface area contributed by atoms with E-state index >= 15 is 0 Å². The van der Waals surface area contributed by atoms with E-state index in [9.17, 15) is 0 Å². The molecule has 0 atom stereocenters. The standard InChI is InChI=1S/C40H23N5O4.2Pd/c1-3-17-41-34(11-1)26-7-5-9-28(21-26)48-30-13-15-32-33-16-14-31(49-29-10-6-8-27(22-29)35-12-2-4-18-42-35)24-37(33)45(36(32)23-30)40-43-25-38-39(44-40)47-20-19-46-38;;/h1-18,25H,19-20H2;;/q-4;2*+2. The molecule has 0 fully saturated rings. The van der Waals surface area contributed by atoms with Crippen LogP contribution in [0.5, 0.6) is 34.6 Å². The van der Waals surface area contributed by atoms with Gasteiger partial charge in [-0.1, -0.05) is 47.4 Å². The smallest absolute Gasteiger partial charge is 0.503 e. The Morgan fingerprint density at radius 1 is 0.549 bits per heavy atom. The van der Waals surface area contributed by atoms with Gasteiger partial charge in [0.15, 0.2) is 5.75 Å². The Kier molecular flexibility index (Phi) is 9.90. The molecule has 9 rings (SSSR count). The number of hydrogen-bond acceptors (Lipinski definition) is 8. The summed E-state index contributed by atoms with van der Waals surface area (Å²) in [6.07, 6.45) is 5.12. The Morgan fingerprint density at radius 2 is 1.10 bits per heavy atom. The molecule has 252 valence electrons. The number of benzene rings is 4. The molecule has 0 radical (unpaired) electrons. The number of pyridine rings is 2. The van der Waals surface area contributed by atoms with E-state index in [4.69, 9.17) is 23.9 Å². The van der Waals surface area contributed by atoms with E-state index in [0.717, 1.165) is 33.3 Å². The molecule has 0 aliphatic carbocycles. The summed E-state index contributed by atoms with van der Waals surface area (Å²) in [4.78, 5) is 18.3. The van der Waals surface area contributed by atoms with Gasteiger partial charge in [0.05, 0.1) is 6.20 Å². The molecule has 0 spiro atoms. The van der Waals surface area contributed by atoms with Crippen LogP contribution in [0.15, 0.2) is 116 Å². The van der Waals surface area contributed by atoms with Gasteiger partial charge < -0.3 is 33.5 Å². The van der Waals surface area contributed by atoms with E-state index in [1.54, 1.807) is 18.6 Å². The first-order chi connectivity index (χ1) is 24.2. The molecule has 0 bridgehead atoms. The second-order valence-electron chi connectivity index (χ2n) is 11.0. The average Bonchev–Trinajstić information content (AvgIpc) is 3.48. The third-order valence-electron chi connectivity index (χ3n) is 7.88.